The zero-order valence-electron chi connectivity index (χ0n) is 9.81. The van der Waals surface area contributed by atoms with Gasteiger partial charge in [-0.05, 0) is 17.5 Å². The van der Waals surface area contributed by atoms with Gasteiger partial charge >= 0.3 is 5.69 Å². The van der Waals surface area contributed by atoms with Crippen LogP contribution in [0, 0.1) is 16.0 Å². The molecule has 17 heavy (non-hydrogen) atoms. The van der Waals surface area contributed by atoms with Crippen LogP contribution in [0.5, 0.6) is 0 Å². The first kappa shape index (κ1) is 13.6. The van der Waals surface area contributed by atoms with Crippen molar-refractivity contribution in [2.24, 2.45) is 5.92 Å². The van der Waals surface area contributed by atoms with Crippen molar-refractivity contribution in [3.63, 3.8) is 0 Å². The number of hydrogen-bond donors (Lipinski definition) is 1. The number of rotatable bonds is 6. The van der Waals surface area contributed by atoms with Crippen LogP contribution in [0.2, 0.25) is 5.28 Å². The third kappa shape index (κ3) is 3.81. The minimum atomic E-state index is -0.522. The van der Waals surface area contributed by atoms with E-state index in [9.17, 15) is 10.1 Å². The molecule has 0 unspecified atom stereocenters. The van der Waals surface area contributed by atoms with Crippen LogP contribution in [0.15, 0.2) is 6.20 Å². The van der Waals surface area contributed by atoms with Crippen LogP contribution in [0.25, 0.3) is 0 Å². The Bertz CT molecular complexity index is 396. The van der Waals surface area contributed by atoms with Gasteiger partial charge in [0.1, 0.15) is 6.20 Å². The van der Waals surface area contributed by atoms with Gasteiger partial charge in [-0.25, -0.2) is 4.98 Å². The molecule has 0 spiro atoms. The highest BCUT2D eigenvalue weighted by Gasteiger charge is 2.17. The van der Waals surface area contributed by atoms with Crippen molar-refractivity contribution in [3.8, 4) is 0 Å². The third-order valence-corrected chi connectivity index (χ3v) is 2.83. The van der Waals surface area contributed by atoms with E-state index in [1.807, 2.05) is 0 Å². The molecule has 0 bridgehead atoms. The molecule has 0 aromatic carbocycles. The van der Waals surface area contributed by atoms with Gasteiger partial charge in [-0.2, -0.15) is 4.98 Å². The minimum Gasteiger partial charge on any atom is -0.364 e. The van der Waals surface area contributed by atoms with Crippen molar-refractivity contribution in [2.45, 2.75) is 26.7 Å². The van der Waals surface area contributed by atoms with E-state index in [2.05, 4.69) is 29.1 Å². The number of halogens is 1. The summed E-state index contributed by atoms with van der Waals surface area (Å²) in [4.78, 5) is 17.7. The lowest BCUT2D eigenvalue weighted by atomic mass is 10.0. The number of nitro groups is 1. The summed E-state index contributed by atoms with van der Waals surface area (Å²) in [7, 11) is 0. The molecule has 1 N–H and O–H groups in total. The second-order valence-electron chi connectivity index (χ2n) is 3.69. The van der Waals surface area contributed by atoms with Crippen LogP contribution in [0.4, 0.5) is 11.5 Å². The highest BCUT2D eigenvalue weighted by atomic mass is 35.5. The molecule has 0 aliphatic heterocycles. The third-order valence-electron chi connectivity index (χ3n) is 2.65. The van der Waals surface area contributed by atoms with Gasteiger partial charge in [0.05, 0.1) is 4.92 Å². The molecule has 0 fully saturated rings. The average molecular weight is 259 g/mol. The normalized spacial score (nSPS) is 10.6. The molecule has 1 rings (SSSR count). The molecular weight excluding hydrogens is 244 g/mol. The zero-order valence-corrected chi connectivity index (χ0v) is 10.6. The monoisotopic (exact) mass is 258 g/mol. The molecule has 0 saturated heterocycles. The van der Waals surface area contributed by atoms with Crippen LogP contribution < -0.4 is 5.32 Å². The maximum atomic E-state index is 10.8. The van der Waals surface area contributed by atoms with Crippen molar-refractivity contribution in [1.82, 2.24) is 9.97 Å². The average Bonchev–Trinajstić information content (AvgIpc) is 2.30. The highest BCUT2D eigenvalue weighted by molar-refractivity contribution is 6.28. The summed E-state index contributed by atoms with van der Waals surface area (Å²) in [6.45, 7) is 4.80. The van der Waals surface area contributed by atoms with E-state index in [4.69, 9.17) is 11.6 Å². The van der Waals surface area contributed by atoms with Crippen LogP contribution in [0.3, 0.4) is 0 Å². The molecule has 94 valence electrons. The first-order valence-electron chi connectivity index (χ1n) is 5.49. The molecule has 0 amide bonds. The van der Waals surface area contributed by atoms with Gasteiger partial charge in [0, 0.05) is 6.54 Å². The Kier molecular flexibility index (Phi) is 5.09. The Morgan fingerprint density at radius 3 is 2.71 bits per heavy atom. The molecule has 0 saturated carbocycles. The molecule has 1 aromatic heterocycles. The van der Waals surface area contributed by atoms with Crippen LogP contribution in [-0.4, -0.2) is 21.4 Å². The predicted molar refractivity (Wildman–Crippen MR) is 66.3 cm³/mol. The molecule has 0 atom stereocenters. The lowest BCUT2D eigenvalue weighted by molar-refractivity contribution is -0.384. The van der Waals surface area contributed by atoms with Crippen LogP contribution in [-0.2, 0) is 0 Å². The standard InChI is InChI=1S/C10H15ClN4O2/c1-3-7(4-2)5-12-9-8(15(16)17)6-13-10(11)14-9/h6-7H,3-5H2,1-2H3,(H,12,13,14). The zero-order chi connectivity index (χ0) is 12.8. The molecule has 7 heteroatoms. The van der Waals surface area contributed by atoms with Gasteiger partial charge in [0.25, 0.3) is 0 Å². The van der Waals surface area contributed by atoms with E-state index in [1.54, 1.807) is 0 Å². The van der Waals surface area contributed by atoms with Gasteiger partial charge in [0.2, 0.25) is 11.1 Å². The van der Waals surface area contributed by atoms with Crippen LogP contribution in [0.1, 0.15) is 26.7 Å². The summed E-state index contributed by atoms with van der Waals surface area (Å²) in [6.07, 6.45) is 3.14. The number of aromatic nitrogens is 2. The maximum absolute atomic E-state index is 10.8. The lowest BCUT2D eigenvalue weighted by Gasteiger charge is -2.13. The number of nitrogens with zero attached hydrogens (tertiary/aromatic N) is 3. The molecule has 0 aliphatic carbocycles. The Labute approximate surface area is 105 Å². The summed E-state index contributed by atoms with van der Waals surface area (Å²) in [5, 5.41) is 13.7. The quantitative estimate of drug-likeness (QED) is 0.482. The van der Waals surface area contributed by atoms with E-state index in [0.717, 1.165) is 19.0 Å². The van der Waals surface area contributed by atoms with Gasteiger partial charge in [-0.3, -0.25) is 10.1 Å². The predicted octanol–water partition coefficient (Wildman–Crippen LogP) is 2.89. The van der Waals surface area contributed by atoms with Gasteiger partial charge in [-0.1, -0.05) is 26.7 Å². The van der Waals surface area contributed by atoms with Crippen molar-refractivity contribution < 1.29 is 4.92 Å². The van der Waals surface area contributed by atoms with E-state index >= 15 is 0 Å². The van der Waals surface area contributed by atoms with Gasteiger partial charge < -0.3 is 5.32 Å². The number of hydrogen-bond acceptors (Lipinski definition) is 5. The fraction of sp³-hybridized carbons (Fsp3) is 0.600. The second kappa shape index (κ2) is 6.34. The Morgan fingerprint density at radius 1 is 1.53 bits per heavy atom. The topological polar surface area (TPSA) is 81.0 Å². The smallest absolute Gasteiger partial charge is 0.329 e. The maximum Gasteiger partial charge on any atom is 0.329 e. The fourth-order valence-corrected chi connectivity index (χ4v) is 1.57. The van der Waals surface area contributed by atoms with Crippen LogP contribution >= 0.6 is 11.6 Å². The number of anilines is 1. The molecule has 6 nitrogen and oxygen atoms in total. The first-order valence-corrected chi connectivity index (χ1v) is 5.87. The van der Waals surface area contributed by atoms with Crippen molar-refractivity contribution >= 4 is 23.1 Å². The second-order valence-corrected chi connectivity index (χ2v) is 4.03. The van der Waals surface area contributed by atoms with E-state index in [1.165, 1.54) is 0 Å². The molecule has 1 heterocycles. The highest BCUT2D eigenvalue weighted by Crippen LogP contribution is 2.22. The fourth-order valence-electron chi connectivity index (χ4n) is 1.44. The number of nitrogens with one attached hydrogen (secondary N) is 1. The summed E-state index contributed by atoms with van der Waals surface area (Å²) in [5.74, 6) is 0.644. The van der Waals surface area contributed by atoms with E-state index in [0.29, 0.717) is 12.5 Å². The first-order chi connectivity index (χ1) is 8.08. The molecule has 0 radical (unpaired) electrons. The van der Waals surface area contributed by atoms with Gasteiger partial charge in [0.15, 0.2) is 0 Å². The van der Waals surface area contributed by atoms with Crippen molar-refractivity contribution in [3.05, 3.63) is 21.6 Å². The Morgan fingerprint density at radius 2 is 2.18 bits per heavy atom. The summed E-state index contributed by atoms with van der Waals surface area (Å²) in [5.41, 5.74) is -0.152. The van der Waals surface area contributed by atoms with Crippen molar-refractivity contribution in [2.75, 3.05) is 11.9 Å². The minimum absolute atomic E-state index is 0.00245. The summed E-state index contributed by atoms with van der Waals surface area (Å²) < 4.78 is 0. The van der Waals surface area contributed by atoms with E-state index < -0.39 is 4.92 Å². The SMILES string of the molecule is CCC(CC)CNc1nc(Cl)ncc1[N+](=O)[O-]. The Balaban J connectivity index is 2.81. The van der Waals surface area contributed by atoms with Crippen molar-refractivity contribution in [1.29, 1.82) is 0 Å². The summed E-state index contributed by atoms with van der Waals surface area (Å²) in [6, 6.07) is 0. The van der Waals surface area contributed by atoms with Gasteiger partial charge in [-0.15, -0.1) is 0 Å². The van der Waals surface area contributed by atoms with E-state index in [-0.39, 0.29) is 16.8 Å². The molecular formula is C10H15ClN4O2. The Hall–Kier alpha value is -1.43. The largest absolute Gasteiger partial charge is 0.364 e. The lowest BCUT2D eigenvalue weighted by Crippen LogP contribution is -2.14. The molecule has 1 aromatic rings. The molecule has 0 aliphatic rings. The summed E-state index contributed by atoms with van der Waals surface area (Å²) >= 11 is 5.62.